The zero-order chi connectivity index (χ0) is 19.8. The molecule has 0 aliphatic carbocycles. The normalized spacial score (nSPS) is 11.6. The predicted molar refractivity (Wildman–Crippen MR) is 102 cm³/mol. The molecule has 0 fully saturated rings. The van der Waals surface area contributed by atoms with Gasteiger partial charge in [0.1, 0.15) is 6.04 Å². The fourth-order valence-corrected chi connectivity index (χ4v) is 2.88. The quantitative estimate of drug-likeness (QED) is 0.775. The summed E-state index contributed by atoms with van der Waals surface area (Å²) in [6.45, 7) is 3.73. The van der Waals surface area contributed by atoms with Gasteiger partial charge in [0.15, 0.2) is 18.2 Å². The van der Waals surface area contributed by atoms with E-state index in [1.165, 1.54) is 24.1 Å². The predicted octanol–water partition coefficient (Wildman–Crippen LogP) is 3.07. The molecule has 1 atom stereocenters. The largest absolute Gasteiger partial charge is 0.481 e. The van der Waals surface area contributed by atoms with Crippen LogP contribution in [0.5, 0.6) is 5.75 Å². The highest BCUT2D eigenvalue weighted by atomic mass is 19.1. The van der Waals surface area contributed by atoms with Gasteiger partial charge in [-0.05, 0) is 31.0 Å². The minimum absolute atomic E-state index is 0.00865. The van der Waals surface area contributed by atoms with E-state index in [0.717, 1.165) is 11.1 Å². The first-order valence-corrected chi connectivity index (χ1v) is 8.90. The summed E-state index contributed by atoms with van der Waals surface area (Å²) in [5.74, 6) is -1.15. The first kappa shape index (κ1) is 20.4. The number of para-hydroxylation sites is 1. The van der Waals surface area contributed by atoms with Crippen LogP contribution < -0.4 is 10.1 Å². The maximum absolute atomic E-state index is 13.7. The number of carbonyl (C=O) groups is 2. The van der Waals surface area contributed by atoms with Gasteiger partial charge in [0.05, 0.1) is 0 Å². The molecular formula is C21H25FN2O3. The van der Waals surface area contributed by atoms with Crippen molar-refractivity contribution in [3.63, 3.8) is 0 Å². The number of ether oxygens (including phenoxy) is 1. The minimum atomic E-state index is -0.632. The van der Waals surface area contributed by atoms with Crippen LogP contribution >= 0.6 is 0 Å². The maximum Gasteiger partial charge on any atom is 0.261 e. The molecule has 27 heavy (non-hydrogen) atoms. The summed E-state index contributed by atoms with van der Waals surface area (Å²) in [4.78, 5) is 26.6. The molecule has 0 heterocycles. The molecule has 0 saturated heterocycles. The lowest BCUT2D eigenvalue weighted by atomic mass is 10.1. The third kappa shape index (κ3) is 5.54. The van der Waals surface area contributed by atoms with E-state index in [2.05, 4.69) is 5.32 Å². The number of rotatable bonds is 8. The molecule has 2 aromatic rings. The van der Waals surface area contributed by atoms with Crippen LogP contribution in [0.2, 0.25) is 0 Å². The lowest BCUT2D eigenvalue weighted by molar-refractivity contribution is -0.142. The molecule has 0 saturated carbocycles. The first-order chi connectivity index (χ1) is 13.0. The Bertz CT molecular complexity index is 795. The Morgan fingerprint density at radius 1 is 1.19 bits per heavy atom. The molecule has 0 spiro atoms. The van der Waals surface area contributed by atoms with Crippen molar-refractivity contribution >= 4 is 11.8 Å². The van der Waals surface area contributed by atoms with Crippen LogP contribution in [-0.4, -0.2) is 36.4 Å². The Kier molecular flexibility index (Phi) is 7.34. The van der Waals surface area contributed by atoms with E-state index in [1.807, 2.05) is 38.1 Å². The van der Waals surface area contributed by atoms with Crippen molar-refractivity contribution in [2.45, 2.75) is 32.9 Å². The Morgan fingerprint density at radius 2 is 1.93 bits per heavy atom. The summed E-state index contributed by atoms with van der Waals surface area (Å²) < 4.78 is 19.1. The standard InChI is InChI=1S/C21H25FN2O3/c1-4-18(21(26)23-3)24(13-16-9-7-8-15(2)12-16)20(25)14-27-19-11-6-5-10-17(19)22/h5-12,18H,4,13-14H2,1-3H3,(H,23,26)/t18-/m1/s1. The molecule has 6 heteroatoms. The van der Waals surface area contributed by atoms with Crippen LogP contribution in [0, 0.1) is 12.7 Å². The number of hydrogen-bond acceptors (Lipinski definition) is 3. The molecule has 0 aliphatic rings. The van der Waals surface area contributed by atoms with Gasteiger partial charge in [-0.2, -0.15) is 0 Å². The van der Waals surface area contributed by atoms with Crippen molar-refractivity contribution < 1.29 is 18.7 Å². The summed E-state index contributed by atoms with van der Waals surface area (Å²) in [6, 6.07) is 13.0. The Hall–Kier alpha value is -2.89. The molecular weight excluding hydrogens is 347 g/mol. The van der Waals surface area contributed by atoms with Crippen molar-refractivity contribution in [1.29, 1.82) is 0 Å². The summed E-state index contributed by atoms with van der Waals surface area (Å²) in [6.07, 6.45) is 0.455. The molecule has 0 unspecified atom stereocenters. The van der Waals surface area contributed by atoms with Gasteiger partial charge in [0, 0.05) is 13.6 Å². The summed E-state index contributed by atoms with van der Waals surface area (Å²) in [5, 5.41) is 2.60. The number of halogens is 1. The monoisotopic (exact) mass is 372 g/mol. The maximum atomic E-state index is 13.7. The minimum Gasteiger partial charge on any atom is -0.481 e. The number of hydrogen-bond donors (Lipinski definition) is 1. The molecule has 2 amide bonds. The van der Waals surface area contributed by atoms with E-state index >= 15 is 0 Å². The van der Waals surface area contributed by atoms with Crippen LogP contribution in [0.1, 0.15) is 24.5 Å². The van der Waals surface area contributed by atoms with E-state index < -0.39 is 11.9 Å². The van der Waals surface area contributed by atoms with E-state index in [1.54, 1.807) is 12.1 Å². The van der Waals surface area contributed by atoms with Crippen molar-refractivity contribution in [2.24, 2.45) is 0 Å². The van der Waals surface area contributed by atoms with E-state index in [4.69, 9.17) is 4.74 Å². The van der Waals surface area contributed by atoms with Gasteiger partial charge in [0.2, 0.25) is 5.91 Å². The number of nitrogens with zero attached hydrogens (tertiary/aromatic N) is 1. The number of benzene rings is 2. The summed E-state index contributed by atoms with van der Waals surface area (Å²) >= 11 is 0. The molecule has 0 aromatic heterocycles. The molecule has 0 aliphatic heterocycles. The topological polar surface area (TPSA) is 58.6 Å². The van der Waals surface area contributed by atoms with Crippen molar-refractivity contribution in [3.05, 3.63) is 65.5 Å². The molecule has 1 N–H and O–H groups in total. The van der Waals surface area contributed by atoms with Crippen LogP contribution in [0.3, 0.4) is 0 Å². The van der Waals surface area contributed by atoms with Crippen LogP contribution in [0.4, 0.5) is 4.39 Å². The third-order valence-electron chi connectivity index (χ3n) is 4.26. The average Bonchev–Trinajstić information content (AvgIpc) is 2.66. The van der Waals surface area contributed by atoms with Crippen molar-refractivity contribution in [2.75, 3.05) is 13.7 Å². The van der Waals surface area contributed by atoms with Gasteiger partial charge >= 0.3 is 0 Å². The van der Waals surface area contributed by atoms with Crippen LogP contribution in [0.15, 0.2) is 48.5 Å². The highest BCUT2D eigenvalue weighted by Gasteiger charge is 2.28. The molecule has 0 radical (unpaired) electrons. The molecule has 0 bridgehead atoms. The van der Waals surface area contributed by atoms with Gasteiger partial charge < -0.3 is 15.0 Å². The van der Waals surface area contributed by atoms with Crippen molar-refractivity contribution in [1.82, 2.24) is 10.2 Å². The fourth-order valence-electron chi connectivity index (χ4n) is 2.88. The number of amides is 2. The molecule has 5 nitrogen and oxygen atoms in total. The number of nitrogens with one attached hydrogen (secondary N) is 1. The van der Waals surface area contributed by atoms with Gasteiger partial charge in [-0.15, -0.1) is 0 Å². The third-order valence-corrected chi connectivity index (χ3v) is 4.26. The van der Waals surface area contributed by atoms with Crippen molar-refractivity contribution in [3.8, 4) is 5.75 Å². The summed E-state index contributed by atoms with van der Waals surface area (Å²) in [7, 11) is 1.54. The van der Waals surface area contributed by atoms with Crippen LogP contribution in [0.25, 0.3) is 0 Å². The first-order valence-electron chi connectivity index (χ1n) is 8.90. The molecule has 2 aromatic carbocycles. The summed E-state index contributed by atoms with van der Waals surface area (Å²) in [5.41, 5.74) is 1.98. The van der Waals surface area contributed by atoms with E-state index in [0.29, 0.717) is 6.42 Å². The molecule has 2 rings (SSSR count). The van der Waals surface area contributed by atoms with E-state index in [-0.39, 0.29) is 30.7 Å². The SMILES string of the molecule is CC[C@H](C(=O)NC)N(Cc1cccc(C)c1)C(=O)COc1ccccc1F. The average molecular weight is 372 g/mol. The lowest BCUT2D eigenvalue weighted by Crippen LogP contribution is -2.49. The van der Waals surface area contributed by atoms with E-state index in [9.17, 15) is 14.0 Å². The Balaban J connectivity index is 2.20. The van der Waals surface area contributed by atoms with Gasteiger partial charge in [-0.3, -0.25) is 9.59 Å². The lowest BCUT2D eigenvalue weighted by Gasteiger charge is -2.30. The van der Waals surface area contributed by atoms with Gasteiger partial charge in [-0.25, -0.2) is 4.39 Å². The highest BCUT2D eigenvalue weighted by Crippen LogP contribution is 2.17. The smallest absolute Gasteiger partial charge is 0.261 e. The fraction of sp³-hybridized carbons (Fsp3) is 0.333. The Labute approximate surface area is 159 Å². The van der Waals surface area contributed by atoms with Crippen LogP contribution in [-0.2, 0) is 16.1 Å². The van der Waals surface area contributed by atoms with Gasteiger partial charge in [-0.1, -0.05) is 48.9 Å². The second-order valence-corrected chi connectivity index (χ2v) is 6.27. The number of likely N-dealkylation sites (N-methyl/N-ethyl adjacent to an activating group) is 1. The zero-order valence-electron chi connectivity index (χ0n) is 15.9. The zero-order valence-corrected chi connectivity index (χ0v) is 15.9. The number of carbonyl (C=O) groups excluding carboxylic acids is 2. The van der Waals surface area contributed by atoms with Gasteiger partial charge in [0.25, 0.3) is 5.91 Å². The molecule has 144 valence electrons. The highest BCUT2D eigenvalue weighted by molar-refractivity contribution is 5.88. The number of aryl methyl sites for hydroxylation is 1. The second kappa shape index (κ2) is 9.71. The Morgan fingerprint density at radius 3 is 2.56 bits per heavy atom. The second-order valence-electron chi connectivity index (χ2n) is 6.27.